The number of hydrogen-bond donors (Lipinski definition) is 0. The molecule has 1 fully saturated rings. The highest BCUT2D eigenvalue weighted by Crippen LogP contribution is 2.46. The average molecular weight is 200 g/mol. The highest BCUT2D eigenvalue weighted by Gasteiger charge is 2.51. The Morgan fingerprint density at radius 2 is 2.08 bits per heavy atom. The van der Waals surface area contributed by atoms with Gasteiger partial charge in [0.1, 0.15) is 0 Å². The fraction of sp³-hybridized carbons (Fsp3) is 0.800. The van der Waals surface area contributed by atoms with Crippen molar-refractivity contribution in [1.82, 2.24) is 0 Å². The Hall–Kier alpha value is -0.283. The molecule has 1 unspecified atom stereocenters. The quantitative estimate of drug-likeness (QED) is 0.501. The standard InChI is InChI=1S/C10H20O2Si/c1-5-12-13(11-4,9(2)3)10-7-6-8-10/h5,9-10H,1,6-8H2,2-4H3. The van der Waals surface area contributed by atoms with Gasteiger partial charge in [-0.3, -0.25) is 0 Å². The third-order valence-electron chi connectivity index (χ3n) is 3.07. The van der Waals surface area contributed by atoms with Gasteiger partial charge in [-0.2, -0.15) is 0 Å². The molecular weight excluding hydrogens is 180 g/mol. The summed E-state index contributed by atoms with van der Waals surface area (Å²) < 4.78 is 11.4. The lowest BCUT2D eigenvalue weighted by atomic mass is 10.00. The van der Waals surface area contributed by atoms with E-state index in [0.29, 0.717) is 11.1 Å². The van der Waals surface area contributed by atoms with Crippen molar-refractivity contribution in [2.24, 2.45) is 0 Å². The van der Waals surface area contributed by atoms with Crippen LogP contribution < -0.4 is 0 Å². The Labute approximate surface area is 82.2 Å². The molecule has 13 heavy (non-hydrogen) atoms. The molecule has 0 heterocycles. The summed E-state index contributed by atoms with van der Waals surface area (Å²) in [5, 5.41) is 0. The zero-order valence-corrected chi connectivity index (χ0v) is 9.88. The summed E-state index contributed by atoms with van der Waals surface area (Å²) >= 11 is 0. The van der Waals surface area contributed by atoms with Gasteiger partial charge >= 0.3 is 8.56 Å². The second kappa shape index (κ2) is 4.29. The van der Waals surface area contributed by atoms with Gasteiger partial charge in [0.15, 0.2) is 0 Å². The van der Waals surface area contributed by atoms with Crippen LogP contribution in [0.2, 0.25) is 11.1 Å². The van der Waals surface area contributed by atoms with Crippen molar-refractivity contribution in [2.75, 3.05) is 7.11 Å². The molecule has 1 aliphatic rings. The van der Waals surface area contributed by atoms with E-state index in [-0.39, 0.29) is 0 Å². The minimum atomic E-state index is -1.98. The van der Waals surface area contributed by atoms with Gasteiger partial charge < -0.3 is 8.85 Å². The summed E-state index contributed by atoms with van der Waals surface area (Å²) in [6.45, 7) is 8.03. The molecule has 1 aliphatic carbocycles. The van der Waals surface area contributed by atoms with Crippen LogP contribution in [0.1, 0.15) is 33.1 Å². The lowest BCUT2D eigenvalue weighted by Crippen LogP contribution is -2.49. The van der Waals surface area contributed by atoms with E-state index in [9.17, 15) is 0 Å². The van der Waals surface area contributed by atoms with Crippen molar-refractivity contribution in [2.45, 2.75) is 44.2 Å². The predicted molar refractivity (Wildman–Crippen MR) is 56.7 cm³/mol. The normalized spacial score (nSPS) is 22.2. The third kappa shape index (κ3) is 1.81. The van der Waals surface area contributed by atoms with Crippen LogP contribution in [-0.4, -0.2) is 15.7 Å². The van der Waals surface area contributed by atoms with Crippen molar-refractivity contribution in [3.8, 4) is 0 Å². The summed E-state index contributed by atoms with van der Waals surface area (Å²) in [5.74, 6) is 0. The zero-order valence-electron chi connectivity index (χ0n) is 8.88. The van der Waals surface area contributed by atoms with Gasteiger partial charge in [0.25, 0.3) is 0 Å². The first-order chi connectivity index (χ1) is 6.17. The van der Waals surface area contributed by atoms with Gasteiger partial charge in [-0.15, -0.1) is 0 Å². The zero-order chi connectivity index (χ0) is 9.90. The van der Waals surface area contributed by atoms with Crippen LogP contribution in [-0.2, 0) is 8.85 Å². The highest BCUT2D eigenvalue weighted by atomic mass is 28.4. The first-order valence-electron chi connectivity index (χ1n) is 5.01. The SMILES string of the molecule is C=CO[Si](OC)(C(C)C)C1CCC1. The summed E-state index contributed by atoms with van der Waals surface area (Å²) in [6, 6.07) is 0. The van der Waals surface area contributed by atoms with Crippen molar-refractivity contribution >= 4 is 8.56 Å². The first-order valence-corrected chi connectivity index (χ1v) is 6.98. The molecule has 0 aromatic heterocycles. The molecule has 0 saturated heterocycles. The van der Waals surface area contributed by atoms with Gasteiger partial charge in [-0.1, -0.05) is 26.8 Å². The number of hydrogen-bond acceptors (Lipinski definition) is 2. The predicted octanol–water partition coefficient (Wildman–Crippen LogP) is 3.20. The van der Waals surface area contributed by atoms with Gasteiger partial charge in [-0.25, -0.2) is 0 Å². The summed E-state index contributed by atoms with van der Waals surface area (Å²) in [6.07, 6.45) is 5.43. The summed E-state index contributed by atoms with van der Waals surface area (Å²) in [4.78, 5) is 0. The maximum atomic E-state index is 5.72. The average Bonchev–Trinajstić information content (AvgIpc) is 1.99. The smallest absolute Gasteiger partial charge is 0.404 e. The molecular formula is C10H20O2Si. The van der Waals surface area contributed by atoms with Crippen LogP contribution in [0, 0.1) is 0 Å². The van der Waals surface area contributed by atoms with Crippen LogP contribution in [0.4, 0.5) is 0 Å². The molecule has 0 amide bonds. The molecule has 0 aromatic rings. The van der Waals surface area contributed by atoms with E-state index in [4.69, 9.17) is 8.85 Å². The van der Waals surface area contributed by atoms with Crippen molar-refractivity contribution in [3.05, 3.63) is 12.8 Å². The molecule has 0 bridgehead atoms. The Balaban J connectivity index is 2.73. The Bertz CT molecular complexity index is 178. The number of rotatable bonds is 5. The molecule has 1 saturated carbocycles. The minimum Gasteiger partial charge on any atom is -0.527 e. The lowest BCUT2D eigenvalue weighted by molar-refractivity contribution is 0.221. The highest BCUT2D eigenvalue weighted by molar-refractivity contribution is 6.70. The lowest BCUT2D eigenvalue weighted by Gasteiger charge is -2.42. The van der Waals surface area contributed by atoms with Gasteiger partial charge in [-0.05, 0) is 12.8 Å². The molecule has 1 rings (SSSR count). The maximum absolute atomic E-state index is 5.72. The van der Waals surface area contributed by atoms with Crippen LogP contribution in [0.3, 0.4) is 0 Å². The van der Waals surface area contributed by atoms with E-state index >= 15 is 0 Å². The fourth-order valence-corrected chi connectivity index (χ4v) is 5.88. The topological polar surface area (TPSA) is 18.5 Å². The van der Waals surface area contributed by atoms with Crippen molar-refractivity contribution in [3.63, 3.8) is 0 Å². The van der Waals surface area contributed by atoms with E-state index in [1.807, 2.05) is 0 Å². The fourth-order valence-electron chi connectivity index (χ4n) is 2.10. The van der Waals surface area contributed by atoms with E-state index in [1.54, 1.807) is 13.4 Å². The second-order valence-electron chi connectivity index (χ2n) is 3.99. The Morgan fingerprint density at radius 3 is 2.31 bits per heavy atom. The summed E-state index contributed by atoms with van der Waals surface area (Å²) in [7, 11) is -0.196. The van der Waals surface area contributed by atoms with Gasteiger partial charge in [0.2, 0.25) is 0 Å². The van der Waals surface area contributed by atoms with Crippen molar-refractivity contribution < 1.29 is 8.85 Å². The second-order valence-corrected chi connectivity index (χ2v) is 8.05. The Morgan fingerprint density at radius 1 is 1.46 bits per heavy atom. The van der Waals surface area contributed by atoms with Crippen LogP contribution in [0.25, 0.3) is 0 Å². The van der Waals surface area contributed by atoms with Crippen molar-refractivity contribution in [1.29, 1.82) is 0 Å². The third-order valence-corrected chi connectivity index (χ3v) is 7.56. The maximum Gasteiger partial charge on any atom is 0.404 e. The molecule has 76 valence electrons. The van der Waals surface area contributed by atoms with E-state index in [1.165, 1.54) is 19.3 Å². The molecule has 0 aromatic carbocycles. The molecule has 1 atom stereocenters. The molecule has 0 aliphatic heterocycles. The molecule has 3 heteroatoms. The molecule has 0 N–H and O–H groups in total. The largest absolute Gasteiger partial charge is 0.527 e. The van der Waals surface area contributed by atoms with Crippen LogP contribution in [0.15, 0.2) is 12.8 Å². The van der Waals surface area contributed by atoms with Gasteiger partial charge in [0.05, 0.1) is 6.26 Å². The Kier molecular flexibility index (Phi) is 3.56. The van der Waals surface area contributed by atoms with Crippen LogP contribution >= 0.6 is 0 Å². The molecule has 0 spiro atoms. The van der Waals surface area contributed by atoms with E-state index in [0.717, 1.165) is 0 Å². The minimum absolute atomic E-state index is 0.501. The van der Waals surface area contributed by atoms with Crippen LogP contribution in [0.5, 0.6) is 0 Å². The molecule has 0 radical (unpaired) electrons. The monoisotopic (exact) mass is 200 g/mol. The van der Waals surface area contributed by atoms with E-state index in [2.05, 4.69) is 20.4 Å². The van der Waals surface area contributed by atoms with Gasteiger partial charge in [0, 0.05) is 18.2 Å². The summed E-state index contributed by atoms with van der Waals surface area (Å²) in [5.41, 5.74) is 1.18. The van der Waals surface area contributed by atoms with E-state index < -0.39 is 8.56 Å². The first kappa shape index (κ1) is 10.8. The molecule has 2 nitrogen and oxygen atoms in total.